The van der Waals surface area contributed by atoms with Gasteiger partial charge in [0.25, 0.3) is 0 Å². The zero-order valence-corrected chi connectivity index (χ0v) is 13.9. The fraction of sp³-hybridized carbons (Fsp3) is 0.278. The quantitative estimate of drug-likeness (QED) is 0.594. The predicted octanol–water partition coefficient (Wildman–Crippen LogP) is 3.59. The van der Waals surface area contributed by atoms with Gasteiger partial charge in [-0.2, -0.15) is 11.8 Å². The zero-order chi connectivity index (χ0) is 16.5. The lowest BCUT2D eigenvalue weighted by atomic mass is 10.1. The number of hydrogen-bond acceptors (Lipinski definition) is 4. The summed E-state index contributed by atoms with van der Waals surface area (Å²) in [6, 6.07) is 12.9. The Morgan fingerprint density at radius 2 is 2.00 bits per heavy atom. The van der Waals surface area contributed by atoms with Crippen LogP contribution in [0, 0.1) is 0 Å². The van der Waals surface area contributed by atoms with E-state index in [9.17, 15) is 9.59 Å². The van der Waals surface area contributed by atoms with E-state index in [4.69, 9.17) is 0 Å². The summed E-state index contributed by atoms with van der Waals surface area (Å²) in [7, 11) is 0. The number of thioether (sulfide) groups is 1. The van der Waals surface area contributed by atoms with E-state index in [0.717, 1.165) is 23.6 Å². The van der Waals surface area contributed by atoms with Crippen molar-refractivity contribution in [3.8, 4) is 0 Å². The van der Waals surface area contributed by atoms with Gasteiger partial charge in [0.15, 0.2) is 5.78 Å². The molecule has 0 aliphatic carbocycles. The van der Waals surface area contributed by atoms with Crippen LogP contribution in [0.1, 0.15) is 29.4 Å². The Balaban J connectivity index is 1.67. The molecule has 1 aromatic carbocycles. The first-order valence-corrected chi connectivity index (χ1v) is 8.69. The topological polar surface area (TPSA) is 59.1 Å². The van der Waals surface area contributed by atoms with Crippen molar-refractivity contribution in [2.24, 2.45) is 0 Å². The van der Waals surface area contributed by atoms with E-state index in [-0.39, 0.29) is 11.7 Å². The van der Waals surface area contributed by atoms with E-state index in [1.165, 1.54) is 6.92 Å². The third-order valence-corrected chi connectivity index (χ3v) is 4.24. The molecule has 0 saturated heterocycles. The normalized spacial score (nSPS) is 10.3. The van der Waals surface area contributed by atoms with Crippen LogP contribution in [0.5, 0.6) is 0 Å². The van der Waals surface area contributed by atoms with Gasteiger partial charge in [-0.25, -0.2) is 0 Å². The summed E-state index contributed by atoms with van der Waals surface area (Å²) in [6.45, 7) is 1.51. The number of nitrogens with one attached hydrogen (secondary N) is 1. The summed E-state index contributed by atoms with van der Waals surface area (Å²) in [5.41, 5.74) is 2.35. The molecule has 0 spiro atoms. The Labute approximate surface area is 140 Å². The number of carbonyl (C=O) groups is 2. The van der Waals surface area contributed by atoms with Gasteiger partial charge in [0.1, 0.15) is 0 Å². The first-order chi connectivity index (χ1) is 11.1. The molecule has 5 heteroatoms. The lowest BCUT2D eigenvalue weighted by Gasteiger charge is -2.06. The van der Waals surface area contributed by atoms with Crippen LogP contribution >= 0.6 is 11.8 Å². The molecular formula is C18H20N2O2S. The Morgan fingerprint density at radius 3 is 2.74 bits per heavy atom. The molecule has 1 aromatic heterocycles. The number of ketones is 1. The van der Waals surface area contributed by atoms with E-state index in [2.05, 4.69) is 10.3 Å². The Kier molecular flexibility index (Phi) is 6.81. The van der Waals surface area contributed by atoms with Gasteiger partial charge in [0.2, 0.25) is 5.91 Å². The van der Waals surface area contributed by atoms with Crippen molar-refractivity contribution in [3.05, 3.63) is 59.9 Å². The molecule has 0 atom stereocenters. The van der Waals surface area contributed by atoms with Crippen LogP contribution < -0.4 is 5.32 Å². The van der Waals surface area contributed by atoms with Gasteiger partial charge in [0, 0.05) is 35.3 Å². The fourth-order valence-corrected chi connectivity index (χ4v) is 2.92. The molecule has 1 amide bonds. The van der Waals surface area contributed by atoms with Crippen molar-refractivity contribution >= 4 is 29.1 Å². The molecule has 4 nitrogen and oxygen atoms in total. The second kappa shape index (κ2) is 9.10. The Hall–Kier alpha value is -2.14. The van der Waals surface area contributed by atoms with Gasteiger partial charge in [0.05, 0.1) is 0 Å². The van der Waals surface area contributed by atoms with E-state index >= 15 is 0 Å². The highest BCUT2D eigenvalue weighted by molar-refractivity contribution is 7.99. The Morgan fingerprint density at radius 1 is 1.13 bits per heavy atom. The highest BCUT2D eigenvalue weighted by Crippen LogP contribution is 2.12. The van der Waals surface area contributed by atoms with Crippen LogP contribution in [0.2, 0.25) is 0 Å². The number of carbonyl (C=O) groups excluding carboxylic acids is 2. The lowest BCUT2D eigenvalue weighted by Crippen LogP contribution is -2.12. The minimum Gasteiger partial charge on any atom is -0.326 e. The molecule has 2 aromatic rings. The van der Waals surface area contributed by atoms with Crippen LogP contribution in [0.15, 0.2) is 48.7 Å². The zero-order valence-electron chi connectivity index (χ0n) is 13.1. The van der Waals surface area contributed by atoms with E-state index in [1.54, 1.807) is 42.2 Å². The number of benzene rings is 1. The van der Waals surface area contributed by atoms with Crippen molar-refractivity contribution in [2.75, 3.05) is 16.8 Å². The third kappa shape index (κ3) is 6.24. The number of amides is 1. The van der Waals surface area contributed by atoms with Crippen molar-refractivity contribution in [3.63, 3.8) is 0 Å². The van der Waals surface area contributed by atoms with E-state index < -0.39 is 0 Å². The van der Waals surface area contributed by atoms with Crippen molar-refractivity contribution in [1.29, 1.82) is 0 Å². The molecule has 23 heavy (non-hydrogen) atoms. The maximum Gasteiger partial charge on any atom is 0.225 e. The summed E-state index contributed by atoms with van der Waals surface area (Å²) in [5.74, 6) is 1.68. The average Bonchev–Trinajstić information content (AvgIpc) is 2.55. The lowest BCUT2D eigenvalue weighted by molar-refractivity contribution is -0.115. The summed E-state index contributed by atoms with van der Waals surface area (Å²) in [6.07, 6.45) is 3.16. The second-order valence-corrected chi connectivity index (χ2v) is 6.34. The van der Waals surface area contributed by atoms with Gasteiger partial charge in [-0.1, -0.05) is 18.2 Å². The second-order valence-electron chi connectivity index (χ2n) is 5.12. The number of hydrogen-bond donors (Lipinski definition) is 1. The molecular weight excluding hydrogens is 308 g/mol. The summed E-state index contributed by atoms with van der Waals surface area (Å²) >= 11 is 1.74. The standard InChI is InChI=1S/C18H20N2O2S/c1-14(21)15-5-4-7-17(13-15)20-18(22)9-12-23-11-8-16-6-2-3-10-19-16/h2-7,10,13H,8-9,11-12H2,1H3,(H,20,22). The summed E-state index contributed by atoms with van der Waals surface area (Å²) < 4.78 is 0. The SMILES string of the molecule is CC(=O)c1cccc(NC(=O)CCSCCc2ccccn2)c1. The molecule has 120 valence electrons. The largest absolute Gasteiger partial charge is 0.326 e. The molecule has 1 heterocycles. The minimum absolute atomic E-state index is 0.00817. The predicted molar refractivity (Wildman–Crippen MR) is 95.0 cm³/mol. The highest BCUT2D eigenvalue weighted by atomic mass is 32.2. The molecule has 0 saturated carbocycles. The molecule has 0 fully saturated rings. The number of pyridine rings is 1. The smallest absolute Gasteiger partial charge is 0.225 e. The van der Waals surface area contributed by atoms with Crippen LogP contribution in [0.25, 0.3) is 0 Å². The first-order valence-electron chi connectivity index (χ1n) is 7.53. The number of nitrogens with zero attached hydrogens (tertiary/aromatic N) is 1. The van der Waals surface area contributed by atoms with E-state index in [1.807, 2.05) is 18.2 Å². The number of aromatic nitrogens is 1. The first kappa shape index (κ1) is 17.2. The molecule has 0 radical (unpaired) electrons. The number of Topliss-reactive ketones (excluding diaryl/α,β-unsaturated/α-hetero) is 1. The number of anilines is 1. The van der Waals surface area contributed by atoms with Gasteiger partial charge in [-0.3, -0.25) is 14.6 Å². The molecule has 0 aliphatic rings. The van der Waals surface area contributed by atoms with Crippen molar-refractivity contribution in [1.82, 2.24) is 4.98 Å². The third-order valence-electron chi connectivity index (χ3n) is 3.26. The van der Waals surface area contributed by atoms with Gasteiger partial charge >= 0.3 is 0 Å². The number of aryl methyl sites for hydroxylation is 1. The van der Waals surface area contributed by atoms with Crippen molar-refractivity contribution in [2.45, 2.75) is 19.8 Å². The van der Waals surface area contributed by atoms with Gasteiger partial charge in [-0.05, 0) is 43.4 Å². The summed E-state index contributed by atoms with van der Waals surface area (Å²) in [5, 5.41) is 2.83. The van der Waals surface area contributed by atoms with Crippen LogP contribution in [0.4, 0.5) is 5.69 Å². The van der Waals surface area contributed by atoms with Crippen molar-refractivity contribution < 1.29 is 9.59 Å². The van der Waals surface area contributed by atoms with E-state index in [0.29, 0.717) is 17.7 Å². The van der Waals surface area contributed by atoms with Crippen LogP contribution in [-0.2, 0) is 11.2 Å². The van der Waals surface area contributed by atoms with Crippen LogP contribution in [0.3, 0.4) is 0 Å². The average molecular weight is 328 g/mol. The van der Waals surface area contributed by atoms with Crippen LogP contribution in [-0.4, -0.2) is 28.2 Å². The molecule has 0 unspecified atom stereocenters. The summed E-state index contributed by atoms with van der Waals surface area (Å²) in [4.78, 5) is 27.5. The maximum atomic E-state index is 11.9. The highest BCUT2D eigenvalue weighted by Gasteiger charge is 2.05. The molecule has 0 aliphatic heterocycles. The number of rotatable bonds is 8. The minimum atomic E-state index is -0.0314. The maximum absolute atomic E-state index is 11.9. The fourth-order valence-electron chi connectivity index (χ4n) is 2.03. The Bertz CT molecular complexity index is 659. The van der Waals surface area contributed by atoms with Gasteiger partial charge < -0.3 is 5.32 Å². The molecule has 2 rings (SSSR count). The molecule has 0 bridgehead atoms. The molecule has 1 N–H and O–H groups in total. The van der Waals surface area contributed by atoms with Gasteiger partial charge in [-0.15, -0.1) is 0 Å². The monoisotopic (exact) mass is 328 g/mol.